The van der Waals surface area contributed by atoms with Gasteiger partial charge in [0.1, 0.15) is 5.82 Å². The zero-order chi connectivity index (χ0) is 19.7. The van der Waals surface area contributed by atoms with Crippen LogP contribution in [0.1, 0.15) is 48.9 Å². The van der Waals surface area contributed by atoms with Gasteiger partial charge in [-0.1, -0.05) is 12.8 Å². The van der Waals surface area contributed by atoms with E-state index in [9.17, 15) is 18.8 Å². The van der Waals surface area contributed by atoms with Crippen LogP contribution in [0.25, 0.3) is 0 Å². The Morgan fingerprint density at radius 1 is 1.07 bits per heavy atom. The number of halogens is 1. The quantitative estimate of drug-likeness (QED) is 0.787. The van der Waals surface area contributed by atoms with Crippen molar-refractivity contribution in [1.29, 1.82) is 0 Å². The van der Waals surface area contributed by atoms with Crippen LogP contribution in [0.5, 0.6) is 0 Å². The van der Waals surface area contributed by atoms with Gasteiger partial charge in [0.25, 0.3) is 5.78 Å². The first-order valence-electron chi connectivity index (χ1n) is 10.3. The first kappa shape index (κ1) is 19.1. The van der Waals surface area contributed by atoms with E-state index >= 15 is 0 Å². The van der Waals surface area contributed by atoms with Crippen LogP contribution in [0.2, 0.25) is 0 Å². The molecule has 2 amide bonds. The molecule has 0 radical (unpaired) electrons. The summed E-state index contributed by atoms with van der Waals surface area (Å²) in [6.07, 6.45) is 6.22. The number of amides is 2. The Kier molecular flexibility index (Phi) is 5.44. The van der Waals surface area contributed by atoms with Gasteiger partial charge in [-0.05, 0) is 31.0 Å². The minimum atomic E-state index is -0.639. The minimum absolute atomic E-state index is 0.0687. The maximum atomic E-state index is 13.4. The van der Waals surface area contributed by atoms with E-state index in [1.807, 2.05) is 4.90 Å². The van der Waals surface area contributed by atoms with Gasteiger partial charge in [0, 0.05) is 31.8 Å². The van der Waals surface area contributed by atoms with Crippen LogP contribution in [0.3, 0.4) is 0 Å². The van der Waals surface area contributed by atoms with Crippen LogP contribution in [-0.2, 0) is 9.59 Å². The molecule has 2 saturated heterocycles. The predicted octanol–water partition coefficient (Wildman–Crippen LogP) is 1.01. The van der Waals surface area contributed by atoms with Gasteiger partial charge in [-0.15, -0.1) is 0 Å². The lowest BCUT2D eigenvalue weighted by Gasteiger charge is -2.33. The summed E-state index contributed by atoms with van der Waals surface area (Å²) >= 11 is 0. The number of piperidine rings is 1. The molecule has 6 nitrogen and oxygen atoms in total. The Morgan fingerprint density at radius 2 is 1.75 bits per heavy atom. The van der Waals surface area contributed by atoms with Crippen molar-refractivity contribution in [2.45, 2.75) is 38.5 Å². The highest BCUT2D eigenvalue weighted by Gasteiger charge is 2.39. The highest BCUT2D eigenvalue weighted by atomic mass is 19.1. The molecule has 1 aromatic rings. The van der Waals surface area contributed by atoms with E-state index in [4.69, 9.17) is 0 Å². The Morgan fingerprint density at radius 3 is 2.43 bits per heavy atom. The second-order valence-corrected chi connectivity index (χ2v) is 8.15. The highest BCUT2D eigenvalue weighted by Crippen LogP contribution is 2.28. The van der Waals surface area contributed by atoms with Gasteiger partial charge in [0.05, 0.1) is 24.3 Å². The third-order valence-electron chi connectivity index (χ3n) is 6.27. The number of Topliss-reactive ketones (excluding diaryl/α,β-unsaturated/α-hetero) is 1. The number of nitrogens with one attached hydrogen (secondary N) is 1. The monoisotopic (exact) mass is 388 g/mol. The topological polar surface area (TPSA) is 62.1 Å². The first-order chi connectivity index (χ1) is 13.5. The molecule has 28 heavy (non-hydrogen) atoms. The third-order valence-corrected chi connectivity index (χ3v) is 6.27. The van der Waals surface area contributed by atoms with Gasteiger partial charge in [0.2, 0.25) is 5.91 Å². The second-order valence-electron chi connectivity index (χ2n) is 8.15. The van der Waals surface area contributed by atoms with E-state index in [0.29, 0.717) is 12.4 Å². The number of carbonyl (C=O) groups is 3. The number of anilines is 1. The summed E-state index contributed by atoms with van der Waals surface area (Å²) in [5.41, 5.74) is 0.641. The van der Waals surface area contributed by atoms with Crippen molar-refractivity contribution >= 4 is 23.3 Å². The number of ketones is 1. The third kappa shape index (κ3) is 3.68. The van der Waals surface area contributed by atoms with E-state index < -0.39 is 17.5 Å². The van der Waals surface area contributed by atoms with Crippen molar-refractivity contribution in [2.75, 3.05) is 37.7 Å². The van der Waals surface area contributed by atoms with E-state index in [-0.39, 0.29) is 17.4 Å². The van der Waals surface area contributed by atoms with Gasteiger partial charge in [0.15, 0.2) is 6.67 Å². The fourth-order valence-corrected chi connectivity index (χ4v) is 4.63. The fraction of sp³-hybridized carbons (Fsp3) is 0.571. The molecule has 1 aromatic carbocycles. The summed E-state index contributed by atoms with van der Waals surface area (Å²) in [4.78, 5) is 42.0. The van der Waals surface area contributed by atoms with Crippen LogP contribution >= 0.6 is 0 Å². The standard InChI is InChI=1S/C21H26FN3O3/c22-16-5-6-18-17(13-16)19(26)21(28)25(18)14-23-11-7-15(8-12-23)20(27)24-9-3-1-2-4-10-24/h5-6,13,15H,1-4,7-12,14H2/p+1. The molecule has 0 atom stereocenters. The van der Waals surface area contributed by atoms with E-state index in [0.717, 1.165) is 57.9 Å². The molecule has 150 valence electrons. The number of benzene rings is 1. The molecule has 2 fully saturated rings. The van der Waals surface area contributed by atoms with Crippen LogP contribution in [0.4, 0.5) is 10.1 Å². The molecule has 1 N–H and O–H groups in total. The molecule has 3 aliphatic rings. The number of fused-ring (bicyclic) bond motifs is 1. The van der Waals surface area contributed by atoms with Gasteiger partial charge in [-0.2, -0.15) is 0 Å². The lowest BCUT2D eigenvalue weighted by atomic mass is 9.95. The van der Waals surface area contributed by atoms with Crippen molar-refractivity contribution in [1.82, 2.24) is 4.90 Å². The van der Waals surface area contributed by atoms with Crippen molar-refractivity contribution in [2.24, 2.45) is 5.92 Å². The molecule has 0 aliphatic carbocycles. The summed E-state index contributed by atoms with van der Waals surface area (Å²) in [6, 6.07) is 3.92. The van der Waals surface area contributed by atoms with Crippen LogP contribution in [-0.4, -0.2) is 55.3 Å². The molecule has 0 bridgehead atoms. The molecular formula is C21H27FN3O3+. The van der Waals surface area contributed by atoms with Crippen LogP contribution in [0, 0.1) is 11.7 Å². The largest absolute Gasteiger partial charge is 0.342 e. The number of hydrogen-bond donors (Lipinski definition) is 1. The molecule has 3 aliphatic heterocycles. The summed E-state index contributed by atoms with van der Waals surface area (Å²) in [7, 11) is 0. The van der Waals surface area contributed by atoms with Gasteiger partial charge in [-0.3, -0.25) is 19.3 Å². The SMILES string of the molecule is O=C1C(=O)N(C[NH+]2CCC(C(=O)N3CCCCCC3)CC2)c2ccc(F)cc21. The number of hydrogen-bond acceptors (Lipinski definition) is 3. The van der Waals surface area contributed by atoms with Gasteiger partial charge < -0.3 is 9.80 Å². The summed E-state index contributed by atoms with van der Waals surface area (Å²) in [5, 5.41) is 0. The van der Waals surface area contributed by atoms with E-state index in [1.54, 1.807) is 0 Å². The lowest BCUT2D eigenvalue weighted by molar-refractivity contribution is -0.904. The summed E-state index contributed by atoms with van der Waals surface area (Å²) in [6.45, 7) is 3.72. The minimum Gasteiger partial charge on any atom is -0.342 e. The van der Waals surface area contributed by atoms with Crippen molar-refractivity contribution in [3.63, 3.8) is 0 Å². The molecule has 0 spiro atoms. The maximum Gasteiger partial charge on any atom is 0.303 e. The Balaban J connectivity index is 1.35. The number of rotatable bonds is 3. The van der Waals surface area contributed by atoms with Crippen molar-refractivity contribution in [3.8, 4) is 0 Å². The molecular weight excluding hydrogens is 361 g/mol. The fourth-order valence-electron chi connectivity index (χ4n) is 4.63. The predicted molar refractivity (Wildman–Crippen MR) is 102 cm³/mol. The number of likely N-dealkylation sites (tertiary alicyclic amines) is 2. The molecule has 7 heteroatoms. The maximum absolute atomic E-state index is 13.4. The average molecular weight is 388 g/mol. The molecule has 3 heterocycles. The van der Waals surface area contributed by atoms with Crippen molar-refractivity contribution in [3.05, 3.63) is 29.6 Å². The average Bonchev–Trinajstić information content (AvgIpc) is 2.91. The first-order valence-corrected chi connectivity index (χ1v) is 10.3. The Labute approximate surface area is 164 Å². The molecule has 0 saturated carbocycles. The van der Waals surface area contributed by atoms with Gasteiger partial charge >= 0.3 is 5.91 Å². The zero-order valence-corrected chi connectivity index (χ0v) is 16.1. The van der Waals surface area contributed by atoms with Crippen molar-refractivity contribution < 1.29 is 23.7 Å². The summed E-state index contributed by atoms with van der Waals surface area (Å²) < 4.78 is 13.4. The number of quaternary nitrogens is 1. The van der Waals surface area contributed by atoms with Crippen LogP contribution < -0.4 is 9.80 Å². The highest BCUT2D eigenvalue weighted by molar-refractivity contribution is 6.52. The van der Waals surface area contributed by atoms with E-state index in [2.05, 4.69) is 0 Å². The number of carbonyl (C=O) groups excluding carboxylic acids is 3. The molecule has 0 unspecified atom stereocenters. The smallest absolute Gasteiger partial charge is 0.303 e. The normalized spacial score (nSPS) is 25.6. The number of nitrogens with zero attached hydrogens (tertiary/aromatic N) is 2. The zero-order valence-electron chi connectivity index (χ0n) is 16.1. The van der Waals surface area contributed by atoms with Gasteiger partial charge in [-0.25, -0.2) is 4.39 Å². The molecule has 4 rings (SSSR count). The Bertz CT molecular complexity index is 781. The van der Waals surface area contributed by atoms with Crippen LogP contribution in [0.15, 0.2) is 18.2 Å². The lowest BCUT2D eigenvalue weighted by Crippen LogP contribution is -3.14. The Hall–Kier alpha value is -2.28. The summed E-state index contributed by atoms with van der Waals surface area (Å²) in [5.74, 6) is -1.38. The second kappa shape index (κ2) is 7.99. The molecule has 0 aromatic heterocycles. The van der Waals surface area contributed by atoms with E-state index in [1.165, 1.54) is 34.8 Å².